The second-order valence-corrected chi connectivity index (χ2v) is 9.40. The van der Waals surface area contributed by atoms with E-state index in [-0.39, 0.29) is 18.5 Å². The molecule has 9 nitrogen and oxygen atoms in total. The van der Waals surface area contributed by atoms with Crippen molar-refractivity contribution in [2.45, 2.75) is 24.5 Å². The molecule has 3 amide bonds. The van der Waals surface area contributed by atoms with Gasteiger partial charge in [-0.3, -0.25) is 19.4 Å². The Morgan fingerprint density at radius 2 is 1.57 bits per heavy atom. The van der Waals surface area contributed by atoms with Crippen molar-refractivity contribution in [1.29, 1.82) is 0 Å². The van der Waals surface area contributed by atoms with Crippen molar-refractivity contribution in [2.75, 3.05) is 11.4 Å². The minimum Gasteiger partial charge on any atom is -0.271 e. The van der Waals surface area contributed by atoms with Crippen molar-refractivity contribution in [3.63, 3.8) is 0 Å². The zero-order chi connectivity index (χ0) is 25.5. The van der Waals surface area contributed by atoms with Crippen LogP contribution in [0.4, 0.5) is 5.69 Å². The number of imide groups is 1. The highest BCUT2D eigenvalue weighted by molar-refractivity contribution is 6.31. The zero-order valence-electron chi connectivity index (χ0n) is 19.5. The van der Waals surface area contributed by atoms with Gasteiger partial charge in [-0.25, -0.2) is 9.91 Å². The molecule has 1 saturated heterocycles. The molecule has 0 aliphatic carbocycles. The molecule has 0 aromatic heterocycles. The first-order valence-corrected chi connectivity index (χ1v) is 12.2. The summed E-state index contributed by atoms with van der Waals surface area (Å²) < 4.78 is 0. The van der Waals surface area contributed by atoms with Crippen LogP contribution in [0, 0.1) is 0 Å². The van der Waals surface area contributed by atoms with Crippen LogP contribution in [0.3, 0.4) is 0 Å². The predicted molar refractivity (Wildman–Crippen MR) is 137 cm³/mol. The van der Waals surface area contributed by atoms with Gasteiger partial charge in [0, 0.05) is 11.4 Å². The summed E-state index contributed by atoms with van der Waals surface area (Å²) in [5, 5.41) is 16.0. The molecule has 3 atom stereocenters. The first-order valence-electron chi connectivity index (χ1n) is 11.8. The van der Waals surface area contributed by atoms with Crippen LogP contribution >= 0.6 is 11.6 Å². The van der Waals surface area contributed by atoms with E-state index < -0.39 is 23.9 Å². The van der Waals surface area contributed by atoms with Gasteiger partial charge in [0.1, 0.15) is 6.54 Å². The maximum atomic E-state index is 13.6. The summed E-state index contributed by atoms with van der Waals surface area (Å²) in [4.78, 5) is 40.9. The minimum absolute atomic E-state index is 0.243. The zero-order valence-corrected chi connectivity index (χ0v) is 20.3. The van der Waals surface area contributed by atoms with Crippen LogP contribution in [-0.4, -0.2) is 52.1 Å². The molecule has 184 valence electrons. The average Bonchev–Trinajstić information content (AvgIpc) is 3.61. The smallest absolute Gasteiger partial charge is 0.264 e. The Bertz CT molecular complexity index is 1430. The lowest BCUT2D eigenvalue weighted by Crippen LogP contribution is -2.44. The molecule has 10 heteroatoms. The Kier molecular flexibility index (Phi) is 5.77. The highest BCUT2D eigenvalue weighted by Gasteiger charge is 2.55. The molecule has 3 heterocycles. The van der Waals surface area contributed by atoms with E-state index in [2.05, 4.69) is 15.4 Å². The van der Waals surface area contributed by atoms with Crippen LogP contribution in [0.5, 0.6) is 0 Å². The summed E-state index contributed by atoms with van der Waals surface area (Å²) in [6.45, 7) is -0.243. The Labute approximate surface area is 217 Å². The van der Waals surface area contributed by atoms with E-state index in [4.69, 9.17) is 11.6 Å². The van der Waals surface area contributed by atoms with Crippen LogP contribution < -0.4 is 4.90 Å². The number of amides is 3. The van der Waals surface area contributed by atoms with E-state index in [0.717, 1.165) is 21.7 Å². The number of hydrazone groups is 1. The molecule has 0 unspecified atom stereocenters. The Balaban J connectivity index is 1.25. The first kappa shape index (κ1) is 23.1. The van der Waals surface area contributed by atoms with Crippen LogP contribution in [-0.2, 0) is 14.4 Å². The van der Waals surface area contributed by atoms with E-state index in [0.29, 0.717) is 17.1 Å². The number of rotatable bonds is 5. The third-order valence-corrected chi connectivity index (χ3v) is 6.95. The monoisotopic (exact) mass is 512 g/mol. The fourth-order valence-electron chi connectivity index (χ4n) is 4.89. The Morgan fingerprint density at radius 3 is 2.27 bits per heavy atom. The first-order chi connectivity index (χ1) is 18.0. The lowest BCUT2D eigenvalue weighted by molar-refractivity contribution is -0.135. The average molecular weight is 513 g/mol. The van der Waals surface area contributed by atoms with E-state index in [1.807, 2.05) is 60.7 Å². The summed E-state index contributed by atoms with van der Waals surface area (Å²) in [6.07, 6.45) is 0.551. The highest BCUT2D eigenvalue weighted by Crippen LogP contribution is 2.35. The van der Waals surface area contributed by atoms with Gasteiger partial charge < -0.3 is 0 Å². The molecular formula is C27H21ClN6O3. The second kappa shape index (κ2) is 9.25. The van der Waals surface area contributed by atoms with Gasteiger partial charge >= 0.3 is 0 Å². The van der Waals surface area contributed by atoms with Crippen molar-refractivity contribution < 1.29 is 14.4 Å². The predicted octanol–water partition coefficient (Wildman–Crippen LogP) is 4.01. The summed E-state index contributed by atoms with van der Waals surface area (Å²) in [7, 11) is 0. The number of anilines is 1. The molecule has 0 N–H and O–H groups in total. The minimum atomic E-state index is -0.997. The molecule has 0 saturated carbocycles. The fourth-order valence-corrected chi connectivity index (χ4v) is 5.02. The number of carbonyl (C=O) groups excluding carboxylic acids is 3. The normalized spacial score (nSPS) is 22.6. The van der Waals surface area contributed by atoms with Gasteiger partial charge in [-0.1, -0.05) is 77.5 Å². The summed E-state index contributed by atoms with van der Waals surface area (Å²) in [6, 6.07) is 23.5. The third-order valence-electron chi connectivity index (χ3n) is 6.70. The molecule has 3 aliphatic heterocycles. The van der Waals surface area contributed by atoms with Gasteiger partial charge in [0.25, 0.3) is 17.7 Å². The Morgan fingerprint density at radius 1 is 0.892 bits per heavy atom. The summed E-state index contributed by atoms with van der Waals surface area (Å²) >= 11 is 5.95. The number of benzene rings is 3. The van der Waals surface area contributed by atoms with Crippen molar-refractivity contribution in [3.8, 4) is 0 Å². The number of halogens is 1. The standard InChI is InChI=1S/C27H21ClN6O3/c28-19-11-13-20(14-12-19)33-26(36)24-25(27(33)37)32(31-29-24)16-23(35)34-22(18-9-5-2-6-10-18)15-21(30-34)17-7-3-1-4-8-17/h1-14,22,24-25H,15-16H2/t22-,24-,25+/m0/s1. The molecule has 0 radical (unpaired) electrons. The molecule has 0 spiro atoms. The maximum absolute atomic E-state index is 13.6. The van der Waals surface area contributed by atoms with Crippen LogP contribution in [0.2, 0.25) is 5.02 Å². The lowest BCUT2D eigenvalue weighted by Gasteiger charge is -2.25. The van der Waals surface area contributed by atoms with Gasteiger partial charge in [-0.05, 0) is 35.4 Å². The molecule has 6 rings (SSSR count). The van der Waals surface area contributed by atoms with Crippen molar-refractivity contribution >= 4 is 40.7 Å². The Hall–Kier alpha value is -4.37. The molecule has 3 aromatic carbocycles. The van der Waals surface area contributed by atoms with Gasteiger partial charge in [0.2, 0.25) is 0 Å². The maximum Gasteiger partial charge on any atom is 0.264 e. The van der Waals surface area contributed by atoms with Crippen LogP contribution in [0.1, 0.15) is 23.6 Å². The van der Waals surface area contributed by atoms with E-state index >= 15 is 0 Å². The van der Waals surface area contributed by atoms with Crippen molar-refractivity contribution in [2.24, 2.45) is 15.4 Å². The summed E-state index contributed by atoms with van der Waals surface area (Å²) in [5.74, 6) is -1.31. The highest BCUT2D eigenvalue weighted by atomic mass is 35.5. The molecular weight excluding hydrogens is 492 g/mol. The van der Waals surface area contributed by atoms with E-state index in [1.54, 1.807) is 24.3 Å². The topological polar surface area (TPSA) is 98.0 Å². The number of hydrogen-bond acceptors (Lipinski definition) is 7. The van der Waals surface area contributed by atoms with Gasteiger partial charge in [0.05, 0.1) is 17.4 Å². The van der Waals surface area contributed by atoms with E-state index in [1.165, 1.54) is 10.0 Å². The van der Waals surface area contributed by atoms with Crippen LogP contribution in [0.15, 0.2) is 100 Å². The summed E-state index contributed by atoms with van der Waals surface area (Å²) in [5.41, 5.74) is 3.09. The fraction of sp³-hybridized carbons (Fsp3) is 0.185. The number of carbonyl (C=O) groups is 3. The lowest BCUT2D eigenvalue weighted by atomic mass is 9.98. The second-order valence-electron chi connectivity index (χ2n) is 8.96. The van der Waals surface area contributed by atoms with Gasteiger partial charge in [-0.15, -0.1) is 0 Å². The largest absolute Gasteiger partial charge is 0.271 e. The quantitative estimate of drug-likeness (QED) is 0.482. The molecule has 1 fully saturated rings. The SMILES string of the molecule is O=C1[C@H]2N=NN(CC(=O)N3N=C(c4ccccc4)C[C@H]3c3ccccc3)[C@H]2C(=O)N1c1ccc(Cl)cc1. The number of hydrogen-bond donors (Lipinski definition) is 0. The third kappa shape index (κ3) is 4.07. The van der Waals surface area contributed by atoms with Gasteiger partial charge in [0.15, 0.2) is 12.1 Å². The van der Waals surface area contributed by atoms with Gasteiger partial charge in [-0.2, -0.15) is 10.2 Å². The van der Waals surface area contributed by atoms with Crippen LogP contribution in [0.25, 0.3) is 0 Å². The molecule has 3 aromatic rings. The molecule has 37 heavy (non-hydrogen) atoms. The van der Waals surface area contributed by atoms with Crippen molar-refractivity contribution in [1.82, 2.24) is 10.0 Å². The molecule has 0 bridgehead atoms. The number of fused-ring (bicyclic) bond motifs is 1. The number of nitrogens with zero attached hydrogens (tertiary/aromatic N) is 6. The van der Waals surface area contributed by atoms with Crippen molar-refractivity contribution in [3.05, 3.63) is 101 Å². The van der Waals surface area contributed by atoms with E-state index in [9.17, 15) is 14.4 Å². The molecule has 3 aliphatic rings.